The Morgan fingerprint density at radius 1 is 1.00 bits per heavy atom. The first-order valence-electron chi connectivity index (χ1n) is 8.69. The van der Waals surface area contributed by atoms with Crippen LogP contribution in [-0.2, 0) is 0 Å². The highest BCUT2D eigenvalue weighted by Crippen LogP contribution is 2.23. The maximum absolute atomic E-state index is 12.6. The fourth-order valence-electron chi connectivity index (χ4n) is 2.77. The third kappa shape index (κ3) is 4.09. The summed E-state index contributed by atoms with van der Waals surface area (Å²) >= 11 is 0. The third-order valence-electron chi connectivity index (χ3n) is 4.52. The van der Waals surface area contributed by atoms with Crippen LogP contribution in [0.5, 0.6) is 0 Å². The van der Waals surface area contributed by atoms with Gasteiger partial charge in [-0.05, 0) is 55.7 Å². The number of aryl methyl sites for hydroxylation is 1. The quantitative estimate of drug-likeness (QED) is 0.689. The van der Waals surface area contributed by atoms with Crippen molar-refractivity contribution in [3.63, 3.8) is 0 Å². The molecule has 0 bridgehead atoms. The molecule has 1 heterocycles. The normalized spacial score (nSPS) is 11.7. The second kappa shape index (κ2) is 7.83. The molecule has 3 aromatic rings. The average Bonchev–Trinajstić information content (AvgIpc) is 2.66. The van der Waals surface area contributed by atoms with E-state index in [2.05, 4.69) is 35.5 Å². The highest BCUT2D eigenvalue weighted by molar-refractivity contribution is 5.93. The summed E-state index contributed by atoms with van der Waals surface area (Å²) in [5.74, 6) is -0.189. The summed E-state index contributed by atoms with van der Waals surface area (Å²) in [7, 11) is 0. The summed E-state index contributed by atoms with van der Waals surface area (Å²) in [5.41, 5.74) is 5.73. The number of pyridine rings is 1. The molecule has 1 unspecified atom stereocenters. The molecule has 2 aromatic carbocycles. The van der Waals surface area contributed by atoms with Crippen LogP contribution in [0.4, 0.5) is 11.4 Å². The van der Waals surface area contributed by atoms with Gasteiger partial charge in [-0.2, -0.15) is 0 Å². The van der Waals surface area contributed by atoms with E-state index in [0.717, 1.165) is 16.9 Å². The van der Waals surface area contributed by atoms with Gasteiger partial charge in [0.1, 0.15) is 5.69 Å². The molecule has 2 N–H and O–H groups in total. The van der Waals surface area contributed by atoms with Gasteiger partial charge in [0.15, 0.2) is 0 Å². The van der Waals surface area contributed by atoms with Gasteiger partial charge in [0.2, 0.25) is 0 Å². The predicted molar refractivity (Wildman–Crippen MR) is 106 cm³/mol. The lowest BCUT2D eigenvalue weighted by Crippen LogP contribution is -2.27. The van der Waals surface area contributed by atoms with Crippen LogP contribution in [0.3, 0.4) is 0 Å². The maximum Gasteiger partial charge on any atom is 0.270 e. The average molecular weight is 345 g/mol. The van der Waals surface area contributed by atoms with Crippen molar-refractivity contribution >= 4 is 17.3 Å². The standard InChI is InChI=1S/C22H23N3O/c1-15-8-7-11-20(16(15)2)25-19-12-13-23-21(14-19)22(26)24-17(3)18-9-5-4-6-10-18/h4-14,17H,1-3H3,(H,23,25)(H,24,26). The molecule has 0 fully saturated rings. The number of amides is 1. The Kier molecular flexibility index (Phi) is 5.32. The van der Waals surface area contributed by atoms with Crippen LogP contribution in [0.1, 0.15) is 40.1 Å². The summed E-state index contributed by atoms with van der Waals surface area (Å²) in [6, 6.07) is 19.6. The molecule has 0 aliphatic heterocycles. The van der Waals surface area contributed by atoms with Gasteiger partial charge in [0, 0.05) is 17.6 Å². The summed E-state index contributed by atoms with van der Waals surface area (Å²) < 4.78 is 0. The highest BCUT2D eigenvalue weighted by atomic mass is 16.1. The molecular formula is C22H23N3O. The maximum atomic E-state index is 12.6. The Morgan fingerprint density at radius 3 is 2.54 bits per heavy atom. The molecule has 1 atom stereocenters. The monoisotopic (exact) mass is 345 g/mol. The Morgan fingerprint density at radius 2 is 1.77 bits per heavy atom. The zero-order valence-electron chi connectivity index (χ0n) is 15.3. The second-order valence-corrected chi connectivity index (χ2v) is 6.41. The van der Waals surface area contributed by atoms with E-state index < -0.39 is 0 Å². The summed E-state index contributed by atoms with van der Waals surface area (Å²) in [6.45, 7) is 6.12. The number of nitrogens with zero attached hydrogens (tertiary/aromatic N) is 1. The predicted octanol–water partition coefficient (Wildman–Crippen LogP) is 4.93. The van der Waals surface area contributed by atoms with Gasteiger partial charge < -0.3 is 10.6 Å². The number of rotatable bonds is 5. The molecule has 26 heavy (non-hydrogen) atoms. The summed E-state index contributed by atoms with van der Waals surface area (Å²) in [4.78, 5) is 16.8. The minimum Gasteiger partial charge on any atom is -0.355 e. The Labute approximate surface area is 154 Å². The number of hydrogen-bond acceptors (Lipinski definition) is 3. The van der Waals surface area contributed by atoms with Gasteiger partial charge in [0.05, 0.1) is 6.04 Å². The van der Waals surface area contributed by atoms with Gasteiger partial charge in [-0.25, -0.2) is 0 Å². The van der Waals surface area contributed by atoms with Crippen LogP contribution >= 0.6 is 0 Å². The minimum atomic E-state index is -0.189. The lowest BCUT2D eigenvalue weighted by atomic mass is 10.1. The Hall–Kier alpha value is -3.14. The first kappa shape index (κ1) is 17.7. The van der Waals surface area contributed by atoms with E-state index >= 15 is 0 Å². The van der Waals surface area contributed by atoms with E-state index in [1.807, 2.05) is 55.5 Å². The van der Waals surface area contributed by atoms with Crippen LogP contribution in [0.2, 0.25) is 0 Å². The van der Waals surface area contributed by atoms with Crippen LogP contribution < -0.4 is 10.6 Å². The fourth-order valence-corrected chi connectivity index (χ4v) is 2.77. The first-order valence-corrected chi connectivity index (χ1v) is 8.69. The van der Waals surface area contributed by atoms with Gasteiger partial charge in [-0.15, -0.1) is 0 Å². The number of nitrogens with one attached hydrogen (secondary N) is 2. The molecule has 3 rings (SSSR count). The van der Waals surface area contributed by atoms with E-state index in [4.69, 9.17) is 0 Å². The molecule has 0 saturated carbocycles. The lowest BCUT2D eigenvalue weighted by Gasteiger charge is -2.15. The molecule has 4 heteroatoms. The van der Waals surface area contributed by atoms with Crippen LogP contribution in [-0.4, -0.2) is 10.9 Å². The van der Waals surface area contributed by atoms with Crippen molar-refractivity contribution < 1.29 is 4.79 Å². The largest absolute Gasteiger partial charge is 0.355 e. The molecule has 1 amide bonds. The topological polar surface area (TPSA) is 54.0 Å². The Bertz CT molecular complexity index is 906. The molecule has 132 valence electrons. The SMILES string of the molecule is Cc1cccc(Nc2ccnc(C(=O)NC(C)c3ccccc3)c2)c1C. The van der Waals surface area contributed by atoms with Crippen molar-refractivity contribution in [2.75, 3.05) is 5.32 Å². The smallest absolute Gasteiger partial charge is 0.270 e. The van der Waals surface area contributed by atoms with E-state index in [1.54, 1.807) is 12.3 Å². The van der Waals surface area contributed by atoms with Crippen molar-refractivity contribution in [3.05, 3.63) is 89.2 Å². The zero-order chi connectivity index (χ0) is 18.5. The molecule has 0 radical (unpaired) electrons. The molecule has 0 saturated heterocycles. The Balaban J connectivity index is 1.74. The number of carbonyl (C=O) groups is 1. The van der Waals surface area contributed by atoms with Crippen LogP contribution in [0.25, 0.3) is 0 Å². The number of benzene rings is 2. The summed E-state index contributed by atoms with van der Waals surface area (Å²) in [5, 5.41) is 6.37. The van der Waals surface area contributed by atoms with Crippen molar-refractivity contribution in [2.45, 2.75) is 26.8 Å². The van der Waals surface area contributed by atoms with Gasteiger partial charge in [0.25, 0.3) is 5.91 Å². The van der Waals surface area contributed by atoms with E-state index in [9.17, 15) is 4.79 Å². The van der Waals surface area contributed by atoms with Crippen molar-refractivity contribution in [1.82, 2.24) is 10.3 Å². The molecular weight excluding hydrogens is 322 g/mol. The second-order valence-electron chi connectivity index (χ2n) is 6.41. The zero-order valence-corrected chi connectivity index (χ0v) is 15.3. The molecule has 1 aromatic heterocycles. The highest BCUT2D eigenvalue weighted by Gasteiger charge is 2.13. The minimum absolute atomic E-state index is 0.0823. The third-order valence-corrected chi connectivity index (χ3v) is 4.52. The first-order chi connectivity index (χ1) is 12.5. The van der Waals surface area contributed by atoms with Gasteiger partial charge in [-0.3, -0.25) is 9.78 Å². The van der Waals surface area contributed by atoms with Crippen molar-refractivity contribution in [2.24, 2.45) is 0 Å². The van der Waals surface area contributed by atoms with Crippen LogP contribution in [0.15, 0.2) is 66.9 Å². The van der Waals surface area contributed by atoms with E-state index in [1.165, 1.54) is 11.1 Å². The number of aromatic nitrogens is 1. The molecule has 0 aliphatic rings. The van der Waals surface area contributed by atoms with Gasteiger partial charge in [-0.1, -0.05) is 42.5 Å². The van der Waals surface area contributed by atoms with Crippen molar-refractivity contribution in [1.29, 1.82) is 0 Å². The van der Waals surface area contributed by atoms with Gasteiger partial charge >= 0.3 is 0 Å². The molecule has 4 nitrogen and oxygen atoms in total. The molecule has 0 aliphatic carbocycles. The fraction of sp³-hybridized carbons (Fsp3) is 0.182. The van der Waals surface area contributed by atoms with E-state index in [-0.39, 0.29) is 11.9 Å². The molecule has 0 spiro atoms. The number of hydrogen-bond donors (Lipinski definition) is 2. The van der Waals surface area contributed by atoms with E-state index in [0.29, 0.717) is 5.69 Å². The number of anilines is 2. The lowest BCUT2D eigenvalue weighted by molar-refractivity contribution is 0.0935. The number of carbonyl (C=O) groups excluding carboxylic acids is 1. The van der Waals surface area contributed by atoms with Crippen molar-refractivity contribution in [3.8, 4) is 0 Å². The van der Waals surface area contributed by atoms with Crippen LogP contribution in [0, 0.1) is 13.8 Å². The summed E-state index contributed by atoms with van der Waals surface area (Å²) in [6.07, 6.45) is 1.65.